The van der Waals surface area contributed by atoms with Crippen molar-refractivity contribution >= 4 is 29.7 Å². The highest BCUT2D eigenvalue weighted by atomic mass is 16.6. The smallest absolute Gasteiger partial charge is 0.414 e. The fraction of sp³-hybridized carbons (Fsp3) is 0.273. The van der Waals surface area contributed by atoms with Crippen molar-refractivity contribution in [1.82, 2.24) is 0 Å². The summed E-state index contributed by atoms with van der Waals surface area (Å²) in [6, 6.07) is 11.7. The van der Waals surface area contributed by atoms with Crippen LogP contribution in [-0.2, 0) is 33.7 Å². The van der Waals surface area contributed by atoms with Gasteiger partial charge in [-0.3, -0.25) is 14.5 Å². The van der Waals surface area contributed by atoms with Crippen LogP contribution in [0.3, 0.4) is 0 Å². The first-order valence-electron chi connectivity index (χ1n) is 10.0. The number of hydrogen-bond acceptors (Lipinski definition) is 6. The Morgan fingerprint density at radius 3 is 2.36 bits per heavy atom. The Kier molecular flexibility index (Phi) is 7.34. The highest BCUT2D eigenvalue weighted by molar-refractivity contribution is 5.89. The molecule has 1 atom stereocenters. The summed E-state index contributed by atoms with van der Waals surface area (Å²) in [5, 5.41) is 18.1. The number of rotatable bonds is 10. The number of hydrogen-bond donors (Lipinski definition) is 4. The van der Waals surface area contributed by atoms with E-state index in [1.807, 2.05) is 0 Å². The number of guanidine groups is 1. The monoisotopic (exact) mass is 456 g/mol. The van der Waals surface area contributed by atoms with E-state index in [-0.39, 0.29) is 37.7 Å². The zero-order valence-electron chi connectivity index (χ0n) is 17.6. The highest BCUT2D eigenvalue weighted by Crippen LogP contribution is 2.25. The summed E-state index contributed by atoms with van der Waals surface area (Å²) in [7, 11) is 0. The van der Waals surface area contributed by atoms with E-state index in [1.165, 1.54) is 17.0 Å². The van der Waals surface area contributed by atoms with E-state index in [1.54, 1.807) is 30.3 Å². The van der Waals surface area contributed by atoms with E-state index in [0.29, 0.717) is 23.4 Å². The average molecular weight is 456 g/mol. The van der Waals surface area contributed by atoms with E-state index in [9.17, 15) is 14.4 Å². The Morgan fingerprint density at radius 1 is 1.06 bits per heavy atom. The molecule has 1 amide bonds. The molecule has 3 rings (SSSR count). The van der Waals surface area contributed by atoms with Gasteiger partial charge in [0, 0.05) is 11.3 Å². The summed E-state index contributed by atoms with van der Waals surface area (Å²) in [6.07, 6.45) is -1.65. The van der Waals surface area contributed by atoms with Crippen LogP contribution in [0.2, 0.25) is 0 Å². The zero-order chi connectivity index (χ0) is 24.0. The lowest BCUT2D eigenvalue weighted by molar-refractivity contribution is -0.137. The van der Waals surface area contributed by atoms with Crippen LogP contribution >= 0.6 is 0 Å². The molecule has 11 nitrogen and oxygen atoms in total. The number of anilines is 1. The largest absolute Gasteiger partial charge is 0.489 e. The van der Waals surface area contributed by atoms with Gasteiger partial charge in [-0.1, -0.05) is 24.3 Å². The molecule has 0 aliphatic carbocycles. The summed E-state index contributed by atoms with van der Waals surface area (Å²) >= 11 is 0. The van der Waals surface area contributed by atoms with E-state index in [4.69, 9.17) is 31.2 Å². The number of amides is 1. The summed E-state index contributed by atoms with van der Waals surface area (Å²) in [6.45, 7) is 0.534. The standard InChI is InChI=1S/C22H24N4O7/c23-21(24)25-10-13-2-5-16(6-3-13)26-11-17(33-22(26)31)12-32-18-7-14(8-19(27)28)1-4-15(18)9-20(29)30/h1-7,17H,8-12H2,(H,27,28)(H,29,30)(H4,23,24,25). The number of ether oxygens (including phenoxy) is 2. The second-order valence-electron chi connectivity index (χ2n) is 7.42. The first-order chi connectivity index (χ1) is 15.7. The topological polar surface area (TPSA) is 178 Å². The summed E-state index contributed by atoms with van der Waals surface area (Å²) in [5.74, 6) is -1.83. The molecule has 1 heterocycles. The van der Waals surface area contributed by atoms with Gasteiger partial charge < -0.3 is 31.2 Å². The third kappa shape index (κ3) is 6.60. The molecule has 0 bridgehead atoms. The van der Waals surface area contributed by atoms with Crippen molar-refractivity contribution in [3.63, 3.8) is 0 Å². The van der Waals surface area contributed by atoms with E-state index < -0.39 is 24.1 Å². The quantitative estimate of drug-likeness (QED) is 0.301. The summed E-state index contributed by atoms with van der Waals surface area (Å²) in [5.41, 5.74) is 13.0. The number of carboxylic acids is 2. The maximum atomic E-state index is 12.3. The molecular formula is C22H24N4O7. The van der Waals surface area contributed by atoms with Crippen LogP contribution in [0, 0.1) is 0 Å². The van der Waals surface area contributed by atoms with Crippen molar-refractivity contribution in [2.75, 3.05) is 18.1 Å². The number of aliphatic imine (C=N–C) groups is 1. The second kappa shape index (κ2) is 10.4. The number of carbonyl (C=O) groups is 3. The molecule has 0 spiro atoms. The van der Waals surface area contributed by atoms with Crippen molar-refractivity contribution in [1.29, 1.82) is 0 Å². The number of carbonyl (C=O) groups excluding carboxylic acids is 1. The van der Waals surface area contributed by atoms with Gasteiger partial charge in [-0.05, 0) is 29.3 Å². The Labute approximate surface area is 189 Å². The van der Waals surface area contributed by atoms with Gasteiger partial charge in [0.1, 0.15) is 12.4 Å². The summed E-state index contributed by atoms with van der Waals surface area (Å²) in [4.78, 5) is 39.8. The number of aliphatic carboxylic acids is 2. The van der Waals surface area contributed by atoms with Crippen molar-refractivity contribution in [3.8, 4) is 5.75 Å². The predicted octanol–water partition coefficient (Wildman–Crippen LogP) is 1.12. The summed E-state index contributed by atoms with van der Waals surface area (Å²) < 4.78 is 11.1. The van der Waals surface area contributed by atoms with Crippen molar-refractivity contribution in [2.45, 2.75) is 25.5 Å². The molecular weight excluding hydrogens is 432 g/mol. The fourth-order valence-electron chi connectivity index (χ4n) is 3.29. The van der Waals surface area contributed by atoms with Gasteiger partial charge in [0.25, 0.3) is 0 Å². The van der Waals surface area contributed by atoms with E-state index in [0.717, 1.165) is 5.56 Å². The van der Waals surface area contributed by atoms with Crippen LogP contribution < -0.4 is 21.1 Å². The lowest BCUT2D eigenvalue weighted by atomic mass is 10.1. The molecule has 1 unspecified atom stereocenters. The maximum Gasteiger partial charge on any atom is 0.414 e. The second-order valence-corrected chi connectivity index (χ2v) is 7.42. The van der Waals surface area contributed by atoms with E-state index >= 15 is 0 Å². The van der Waals surface area contributed by atoms with Gasteiger partial charge >= 0.3 is 18.0 Å². The zero-order valence-corrected chi connectivity index (χ0v) is 17.6. The molecule has 0 aromatic heterocycles. The maximum absolute atomic E-state index is 12.3. The van der Waals surface area contributed by atoms with Crippen molar-refractivity contribution in [3.05, 3.63) is 59.2 Å². The van der Waals surface area contributed by atoms with Crippen LogP contribution in [0.5, 0.6) is 5.75 Å². The molecule has 2 aromatic rings. The number of cyclic esters (lactones) is 1. The number of benzene rings is 2. The number of nitrogens with two attached hydrogens (primary N) is 2. The Morgan fingerprint density at radius 2 is 1.73 bits per heavy atom. The number of carboxylic acid groups (broad SMARTS) is 2. The van der Waals surface area contributed by atoms with Gasteiger partial charge in [-0.15, -0.1) is 0 Å². The molecule has 174 valence electrons. The van der Waals surface area contributed by atoms with Gasteiger partial charge in [0.05, 0.1) is 25.9 Å². The van der Waals surface area contributed by atoms with Crippen LogP contribution in [0.25, 0.3) is 0 Å². The lowest BCUT2D eigenvalue weighted by Gasteiger charge is -2.15. The molecule has 33 heavy (non-hydrogen) atoms. The Bertz CT molecular complexity index is 1060. The van der Waals surface area contributed by atoms with Crippen molar-refractivity contribution in [2.24, 2.45) is 16.5 Å². The molecule has 11 heteroatoms. The van der Waals surface area contributed by atoms with Gasteiger partial charge in [0.15, 0.2) is 12.1 Å². The van der Waals surface area contributed by atoms with Gasteiger partial charge in [-0.2, -0.15) is 0 Å². The van der Waals surface area contributed by atoms with E-state index in [2.05, 4.69) is 4.99 Å². The molecule has 1 fully saturated rings. The number of nitrogens with zero attached hydrogens (tertiary/aromatic N) is 2. The van der Waals surface area contributed by atoms with Crippen LogP contribution in [0.4, 0.5) is 10.5 Å². The minimum Gasteiger partial charge on any atom is -0.489 e. The molecule has 1 aliphatic heterocycles. The lowest BCUT2D eigenvalue weighted by Crippen LogP contribution is -2.26. The Balaban J connectivity index is 1.65. The van der Waals surface area contributed by atoms with Gasteiger partial charge in [-0.25, -0.2) is 9.79 Å². The van der Waals surface area contributed by atoms with Crippen LogP contribution in [0.1, 0.15) is 16.7 Å². The highest BCUT2D eigenvalue weighted by Gasteiger charge is 2.33. The third-order valence-corrected chi connectivity index (χ3v) is 4.82. The molecule has 1 aliphatic rings. The minimum absolute atomic E-state index is 0.00921. The fourth-order valence-corrected chi connectivity index (χ4v) is 3.29. The predicted molar refractivity (Wildman–Crippen MR) is 118 cm³/mol. The normalized spacial score (nSPS) is 15.1. The first kappa shape index (κ1) is 23.4. The third-order valence-electron chi connectivity index (χ3n) is 4.82. The van der Waals surface area contributed by atoms with Gasteiger partial charge in [0.2, 0.25) is 0 Å². The van der Waals surface area contributed by atoms with Crippen LogP contribution in [0.15, 0.2) is 47.5 Å². The molecule has 1 saturated heterocycles. The molecule has 0 radical (unpaired) electrons. The molecule has 0 saturated carbocycles. The van der Waals surface area contributed by atoms with Crippen molar-refractivity contribution < 1.29 is 34.1 Å². The molecule has 2 aromatic carbocycles. The first-order valence-corrected chi connectivity index (χ1v) is 10.0. The van der Waals surface area contributed by atoms with Crippen LogP contribution in [-0.4, -0.2) is 53.5 Å². The minimum atomic E-state index is -1.05. The molecule has 6 N–H and O–H groups in total. The average Bonchev–Trinajstić information content (AvgIpc) is 3.12. The SMILES string of the molecule is NC(N)=NCc1ccc(N2CC(COc3cc(CC(=O)O)ccc3CC(=O)O)OC2=O)cc1. The Hall–Kier alpha value is -4.28.